The number of carboxylic acid groups (broad SMARTS) is 1. The molecule has 1 aliphatic heterocycles. The van der Waals surface area contributed by atoms with Gasteiger partial charge in [-0.15, -0.1) is 0 Å². The van der Waals surface area contributed by atoms with Crippen molar-refractivity contribution in [1.82, 2.24) is 4.90 Å². The molecule has 0 aliphatic carbocycles. The van der Waals surface area contributed by atoms with Gasteiger partial charge in [0, 0.05) is 24.6 Å². The van der Waals surface area contributed by atoms with Crippen LogP contribution >= 0.6 is 11.8 Å². The fourth-order valence-electron chi connectivity index (χ4n) is 1.91. The molecule has 8 heteroatoms. The number of benzene rings is 1. The quantitative estimate of drug-likeness (QED) is 0.787. The Hall–Kier alpha value is -2.22. The summed E-state index contributed by atoms with van der Waals surface area (Å²) in [5.74, 6) is -1.04. The lowest BCUT2D eigenvalue weighted by molar-refractivity contribution is -0.305. The summed E-state index contributed by atoms with van der Waals surface area (Å²) in [7, 11) is 0. The number of carbonyl (C=O) groups excluding carboxylic acids is 3. The third kappa shape index (κ3) is 3.91. The molecule has 0 radical (unpaired) electrons. The van der Waals surface area contributed by atoms with Gasteiger partial charge in [-0.1, -0.05) is 0 Å². The Labute approximate surface area is 131 Å². The minimum absolute atomic E-state index is 0.172. The van der Waals surface area contributed by atoms with Crippen molar-refractivity contribution in [3.05, 3.63) is 24.3 Å². The summed E-state index contributed by atoms with van der Waals surface area (Å²) in [6, 6.07) is 7.00. The molecule has 1 aromatic carbocycles. The van der Waals surface area contributed by atoms with E-state index in [4.69, 9.17) is 4.74 Å². The molecule has 1 aliphatic rings. The van der Waals surface area contributed by atoms with Gasteiger partial charge in [0.15, 0.2) is 5.37 Å². The number of nitrogens with one attached hydrogen (secondary N) is 1. The number of thioether (sulfide) groups is 1. The summed E-state index contributed by atoms with van der Waals surface area (Å²) in [4.78, 5) is 35.2. The molecular formula is C14H15N2O5S-. The number of rotatable bonds is 7. The third-order valence-corrected chi connectivity index (χ3v) is 3.91. The Bertz CT molecular complexity index is 575. The number of nitrogens with zero attached hydrogens (tertiary/aromatic N) is 1. The normalized spacial score (nSPS) is 17.7. The van der Waals surface area contributed by atoms with Crippen molar-refractivity contribution in [3.63, 3.8) is 0 Å². The molecule has 0 unspecified atom stereocenters. The molecule has 1 heterocycles. The standard InChI is InChI=1S/C14H16N2O5S/c1-2-21-10-5-3-9(4-6-10)15-12-13(19)16(14(20)22-12)8-7-11(17)18/h3-6,12,15H,2,7-8H2,1H3,(H,17,18)/p-1/t12-/m0/s1. The van der Waals surface area contributed by atoms with Crippen LogP contribution in [0.25, 0.3) is 0 Å². The molecule has 0 aromatic heterocycles. The van der Waals surface area contributed by atoms with Crippen molar-refractivity contribution < 1.29 is 24.2 Å². The van der Waals surface area contributed by atoms with E-state index >= 15 is 0 Å². The van der Waals surface area contributed by atoms with Crippen molar-refractivity contribution in [1.29, 1.82) is 0 Å². The van der Waals surface area contributed by atoms with Crippen LogP contribution in [-0.4, -0.2) is 40.5 Å². The number of carboxylic acids is 1. The number of anilines is 1. The molecule has 2 rings (SSSR count). The lowest BCUT2D eigenvalue weighted by Crippen LogP contribution is -2.37. The first-order valence-corrected chi connectivity index (χ1v) is 7.60. The second kappa shape index (κ2) is 7.17. The topological polar surface area (TPSA) is 98.8 Å². The van der Waals surface area contributed by atoms with Crippen molar-refractivity contribution in [2.24, 2.45) is 0 Å². The maximum Gasteiger partial charge on any atom is 0.290 e. The van der Waals surface area contributed by atoms with Crippen molar-refractivity contribution >= 4 is 34.6 Å². The summed E-state index contributed by atoms with van der Waals surface area (Å²) in [6.07, 6.45) is -0.367. The van der Waals surface area contributed by atoms with Gasteiger partial charge >= 0.3 is 0 Å². The number of aliphatic carboxylic acids is 1. The Kier molecular flexibility index (Phi) is 5.26. The van der Waals surface area contributed by atoms with Gasteiger partial charge in [0.2, 0.25) is 0 Å². The van der Waals surface area contributed by atoms with Gasteiger partial charge in [0.1, 0.15) is 5.75 Å². The maximum absolute atomic E-state index is 12.1. The van der Waals surface area contributed by atoms with E-state index in [1.807, 2.05) is 6.92 Å². The van der Waals surface area contributed by atoms with Crippen LogP contribution in [0.4, 0.5) is 10.5 Å². The van der Waals surface area contributed by atoms with Crippen LogP contribution in [0.2, 0.25) is 0 Å². The number of imide groups is 1. The number of ether oxygens (including phenoxy) is 1. The molecular weight excluding hydrogens is 308 g/mol. The smallest absolute Gasteiger partial charge is 0.290 e. The van der Waals surface area contributed by atoms with Gasteiger partial charge in [0.05, 0.1) is 6.61 Å². The van der Waals surface area contributed by atoms with E-state index < -0.39 is 22.5 Å². The van der Waals surface area contributed by atoms with Crippen LogP contribution in [-0.2, 0) is 9.59 Å². The number of amides is 2. The van der Waals surface area contributed by atoms with Crippen molar-refractivity contribution in [2.45, 2.75) is 18.7 Å². The molecule has 0 spiro atoms. The van der Waals surface area contributed by atoms with Crippen LogP contribution in [0, 0.1) is 0 Å². The summed E-state index contributed by atoms with van der Waals surface area (Å²) < 4.78 is 5.32. The highest BCUT2D eigenvalue weighted by atomic mass is 32.2. The number of carbonyl (C=O) groups is 3. The molecule has 1 aromatic rings. The predicted molar refractivity (Wildman–Crippen MR) is 79.3 cm³/mol. The highest BCUT2D eigenvalue weighted by Crippen LogP contribution is 2.28. The minimum Gasteiger partial charge on any atom is -0.550 e. The Morgan fingerprint density at radius 2 is 2.05 bits per heavy atom. The SMILES string of the molecule is CCOc1ccc(N[C@H]2SC(=O)N(CCC(=O)[O-])C2=O)cc1. The van der Waals surface area contributed by atoms with Gasteiger partial charge in [-0.2, -0.15) is 0 Å². The molecule has 0 saturated carbocycles. The van der Waals surface area contributed by atoms with Crippen molar-refractivity contribution in [2.75, 3.05) is 18.5 Å². The van der Waals surface area contributed by atoms with E-state index in [2.05, 4.69) is 5.32 Å². The monoisotopic (exact) mass is 323 g/mol. The lowest BCUT2D eigenvalue weighted by Gasteiger charge is -2.15. The van der Waals surface area contributed by atoms with Gasteiger partial charge < -0.3 is 20.0 Å². The summed E-state index contributed by atoms with van der Waals surface area (Å²) in [6.45, 7) is 2.27. The lowest BCUT2D eigenvalue weighted by atomic mass is 10.3. The summed E-state index contributed by atoms with van der Waals surface area (Å²) in [5.41, 5.74) is 0.670. The zero-order valence-corrected chi connectivity index (χ0v) is 12.7. The van der Waals surface area contributed by atoms with E-state index in [9.17, 15) is 19.5 Å². The largest absolute Gasteiger partial charge is 0.550 e. The van der Waals surface area contributed by atoms with Crippen LogP contribution < -0.4 is 15.2 Å². The number of hydrogen-bond donors (Lipinski definition) is 1. The third-order valence-electron chi connectivity index (χ3n) is 2.93. The van der Waals surface area contributed by atoms with Crippen LogP contribution in [0.1, 0.15) is 13.3 Å². The van der Waals surface area contributed by atoms with E-state index in [1.54, 1.807) is 24.3 Å². The highest BCUT2D eigenvalue weighted by molar-refractivity contribution is 8.15. The van der Waals surface area contributed by atoms with Crippen LogP contribution in [0.3, 0.4) is 0 Å². The average molecular weight is 323 g/mol. The minimum atomic E-state index is -1.30. The Morgan fingerprint density at radius 3 is 2.64 bits per heavy atom. The molecule has 1 saturated heterocycles. The molecule has 118 valence electrons. The average Bonchev–Trinajstić information content (AvgIpc) is 2.73. The highest BCUT2D eigenvalue weighted by Gasteiger charge is 2.39. The zero-order chi connectivity index (χ0) is 16.1. The van der Waals surface area contributed by atoms with Gasteiger partial charge in [-0.05, 0) is 43.0 Å². The maximum atomic E-state index is 12.1. The van der Waals surface area contributed by atoms with E-state index in [1.165, 1.54) is 0 Å². The van der Waals surface area contributed by atoms with E-state index in [-0.39, 0.29) is 13.0 Å². The van der Waals surface area contributed by atoms with E-state index in [0.717, 1.165) is 16.7 Å². The molecule has 22 heavy (non-hydrogen) atoms. The van der Waals surface area contributed by atoms with Gasteiger partial charge in [0.25, 0.3) is 11.1 Å². The molecule has 1 atom stereocenters. The molecule has 7 nitrogen and oxygen atoms in total. The second-order valence-electron chi connectivity index (χ2n) is 4.48. The molecule has 0 bridgehead atoms. The number of hydrogen-bond acceptors (Lipinski definition) is 7. The fraction of sp³-hybridized carbons (Fsp3) is 0.357. The zero-order valence-electron chi connectivity index (χ0n) is 11.9. The second-order valence-corrected chi connectivity index (χ2v) is 5.53. The molecule has 1 N–H and O–H groups in total. The first-order valence-electron chi connectivity index (χ1n) is 6.72. The van der Waals surface area contributed by atoms with E-state index in [0.29, 0.717) is 18.0 Å². The fourth-order valence-corrected chi connectivity index (χ4v) is 2.84. The van der Waals surface area contributed by atoms with Crippen LogP contribution in [0.5, 0.6) is 5.75 Å². The summed E-state index contributed by atoms with van der Waals surface area (Å²) >= 11 is 0.824. The summed E-state index contributed by atoms with van der Waals surface area (Å²) in [5, 5.41) is 12.2. The van der Waals surface area contributed by atoms with Gasteiger partial charge in [-0.25, -0.2) is 0 Å². The molecule has 2 amide bonds. The van der Waals surface area contributed by atoms with Gasteiger partial charge in [-0.3, -0.25) is 14.5 Å². The Morgan fingerprint density at radius 1 is 1.36 bits per heavy atom. The Balaban J connectivity index is 1.97. The first-order chi connectivity index (χ1) is 10.5. The van der Waals surface area contributed by atoms with Crippen LogP contribution in [0.15, 0.2) is 24.3 Å². The molecule has 1 fully saturated rings. The first kappa shape index (κ1) is 16.2. The van der Waals surface area contributed by atoms with Crippen molar-refractivity contribution in [3.8, 4) is 5.75 Å². The predicted octanol–water partition coefficient (Wildman–Crippen LogP) is 0.659.